The third-order valence-electron chi connectivity index (χ3n) is 2.89. The maximum Gasteiger partial charge on any atom is 0.119 e. The van der Waals surface area contributed by atoms with Gasteiger partial charge in [-0.25, -0.2) is 0 Å². The van der Waals surface area contributed by atoms with Gasteiger partial charge in [-0.05, 0) is 65.9 Å². The summed E-state index contributed by atoms with van der Waals surface area (Å²) < 4.78 is 27.1. The van der Waals surface area contributed by atoms with Crippen LogP contribution in [0.25, 0.3) is 0 Å². The van der Waals surface area contributed by atoms with Crippen molar-refractivity contribution < 1.29 is 13.5 Å². The zero-order valence-corrected chi connectivity index (χ0v) is 11.6. The van der Waals surface area contributed by atoms with Gasteiger partial charge in [0.05, 0.1) is 0 Å². The molecule has 0 aliphatic rings. The van der Waals surface area contributed by atoms with Crippen molar-refractivity contribution in [1.82, 2.24) is 4.98 Å². The predicted octanol–water partition coefficient (Wildman–Crippen LogP) is 2.52. The minimum Gasteiger partial charge on any atom is -0.768 e. The second kappa shape index (κ2) is 5.95. The molecule has 19 heavy (non-hydrogen) atoms. The SMILES string of the molecule is Cc1cncc(C)c1COc1ccc(S(=O)[O-])cc1. The lowest BCUT2D eigenvalue weighted by Gasteiger charge is -2.11. The summed E-state index contributed by atoms with van der Waals surface area (Å²) in [5.74, 6) is 0.643. The Morgan fingerprint density at radius 2 is 1.74 bits per heavy atom. The molecule has 2 aromatic rings. The standard InChI is InChI=1S/C14H15NO3S/c1-10-7-15-8-11(2)14(10)9-18-12-3-5-13(6-4-12)19(16)17/h3-8H,9H2,1-2H3,(H,16,17)/p-1. The van der Waals surface area contributed by atoms with Gasteiger partial charge in [-0.3, -0.25) is 9.19 Å². The molecule has 2 rings (SSSR count). The Morgan fingerprint density at radius 1 is 1.16 bits per heavy atom. The number of aryl methyl sites for hydroxylation is 2. The van der Waals surface area contributed by atoms with Gasteiger partial charge in [0, 0.05) is 17.3 Å². The topological polar surface area (TPSA) is 62.2 Å². The summed E-state index contributed by atoms with van der Waals surface area (Å²) in [5, 5.41) is 0. The van der Waals surface area contributed by atoms with E-state index in [1.54, 1.807) is 24.5 Å². The number of pyridine rings is 1. The van der Waals surface area contributed by atoms with E-state index in [1.165, 1.54) is 12.1 Å². The average Bonchev–Trinajstić information content (AvgIpc) is 2.38. The predicted molar refractivity (Wildman–Crippen MR) is 71.7 cm³/mol. The Bertz CT molecular complexity index is 576. The molecule has 1 aromatic carbocycles. The van der Waals surface area contributed by atoms with E-state index in [4.69, 9.17) is 4.74 Å². The van der Waals surface area contributed by atoms with Crippen molar-refractivity contribution in [2.24, 2.45) is 0 Å². The van der Waals surface area contributed by atoms with Crippen molar-refractivity contribution >= 4 is 11.1 Å². The van der Waals surface area contributed by atoms with E-state index in [9.17, 15) is 8.76 Å². The van der Waals surface area contributed by atoms with E-state index in [1.807, 2.05) is 13.8 Å². The lowest BCUT2D eigenvalue weighted by molar-refractivity contribution is 0.304. The van der Waals surface area contributed by atoms with E-state index < -0.39 is 11.1 Å². The molecule has 0 spiro atoms. The fourth-order valence-electron chi connectivity index (χ4n) is 1.76. The van der Waals surface area contributed by atoms with Gasteiger partial charge in [0.1, 0.15) is 12.4 Å². The lowest BCUT2D eigenvalue weighted by atomic mass is 10.1. The fraction of sp³-hybridized carbons (Fsp3) is 0.214. The average molecular weight is 276 g/mol. The van der Waals surface area contributed by atoms with E-state index >= 15 is 0 Å². The minimum atomic E-state index is -2.20. The summed E-state index contributed by atoms with van der Waals surface area (Å²) in [4.78, 5) is 4.36. The Hall–Kier alpha value is -1.72. The first kappa shape index (κ1) is 13.7. The first-order valence-corrected chi connectivity index (χ1v) is 6.87. The quantitative estimate of drug-likeness (QED) is 0.805. The van der Waals surface area contributed by atoms with Crippen molar-refractivity contribution in [3.8, 4) is 5.75 Å². The van der Waals surface area contributed by atoms with E-state index in [2.05, 4.69) is 4.98 Å². The Balaban J connectivity index is 2.08. The largest absolute Gasteiger partial charge is 0.768 e. The number of nitrogens with zero attached hydrogens (tertiary/aromatic N) is 1. The first-order valence-electron chi connectivity index (χ1n) is 5.80. The summed E-state index contributed by atoms with van der Waals surface area (Å²) in [6, 6.07) is 6.34. The Morgan fingerprint density at radius 3 is 2.26 bits per heavy atom. The van der Waals surface area contributed by atoms with Gasteiger partial charge in [0.25, 0.3) is 0 Å². The van der Waals surface area contributed by atoms with Crippen LogP contribution >= 0.6 is 0 Å². The second-order valence-electron chi connectivity index (χ2n) is 4.25. The van der Waals surface area contributed by atoms with E-state index in [-0.39, 0.29) is 4.90 Å². The molecular formula is C14H14NO3S-. The van der Waals surface area contributed by atoms with Crippen molar-refractivity contribution in [1.29, 1.82) is 0 Å². The number of aromatic nitrogens is 1. The summed E-state index contributed by atoms with van der Waals surface area (Å²) in [5.41, 5.74) is 3.26. The van der Waals surface area contributed by atoms with Crippen LogP contribution < -0.4 is 4.74 Å². The zero-order chi connectivity index (χ0) is 13.8. The molecule has 0 saturated carbocycles. The first-order chi connectivity index (χ1) is 9.08. The van der Waals surface area contributed by atoms with Crippen molar-refractivity contribution in [2.45, 2.75) is 25.3 Å². The maximum atomic E-state index is 10.7. The van der Waals surface area contributed by atoms with Gasteiger partial charge in [0.15, 0.2) is 0 Å². The molecule has 0 fully saturated rings. The van der Waals surface area contributed by atoms with Crippen molar-refractivity contribution in [2.75, 3.05) is 0 Å². The van der Waals surface area contributed by atoms with Gasteiger partial charge in [-0.1, -0.05) is 0 Å². The highest BCUT2D eigenvalue weighted by Crippen LogP contribution is 2.18. The number of rotatable bonds is 4. The van der Waals surface area contributed by atoms with E-state index in [0.29, 0.717) is 12.4 Å². The molecule has 0 bridgehead atoms. The van der Waals surface area contributed by atoms with Gasteiger partial charge in [-0.2, -0.15) is 0 Å². The van der Waals surface area contributed by atoms with Gasteiger partial charge < -0.3 is 9.29 Å². The monoisotopic (exact) mass is 276 g/mol. The molecule has 5 heteroatoms. The van der Waals surface area contributed by atoms with Crippen LogP contribution in [0, 0.1) is 13.8 Å². The molecule has 0 N–H and O–H groups in total. The Kier molecular flexibility index (Phi) is 4.29. The number of hydrogen-bond donors (Lipinski definition) is 0. The smallest absolute Gasteiger partial charge is 0.119 e. The molecule has 0 aliphatic carbocycles. The van der Waals surface area contributed by atoms with Crippen LogP contribution in [-0.4, -0.2) is 13.7 Å². The summed E-state index contributed by atoms with van der Waals surface area (Å²) in [6.07, 6.45) is 3.60. The lowest BCUT2D eigenvalue weighted by Crippen LogP contribution is -2.01. The Labute approximate surface area is 114 Å². The highest BCUT2D eigenvalue weighted by Gasteiger charge is 2.04. The molecule has 0 saturated heterocycles. The van der Waals surface area contributed by atoms with Gasteiger partial charge in [0.2, 0.25) is 0 Å². The number of ether oxygens (including phenoxy) is 1. The molecule has 1 heterocycles. The normalized spacial score (nSPS) is 12.2. The molecule has 0 amide bonds. The summed E-state index contributed by atoms with van der Waals surface area (Å²) >= 11 is -2.20. The van der Waals surface area contributed by atoms with Crippen LogP contribution in [0.1, 0.15) is 16.7 Å². The minimum absolute atomic E-state index is 0.253. The van der Waals surface area contributed by atoms with Crippen LogP contribution in [0.2, 0.25) is 0 Å². The zero-order valence-electron chi connectivity index (χ0n) is 10.8. The molecule has 0 radical (unpaired) electrons. The molecule has 4 nitrogen and oxygen atoms in total. The molecule has 100 valence electrons. The van der Waals surface area contributed by atoms with E-state index in [0.717, 1.165) is 16.7 Å². The molecule has 0 aliphatic heterocycles. The van der Waals surface area contributed by atoms with Crippen LogP contribution in [0.3, 0.4) is 0 Å². The summed E-state index contributed by atoms with van der Waals surface area (Å²) in [6.45, 7) is 4.42. The number of hydrogen-bond acceptors (Lipinski definition) is 4. The van der Waals surface area contributed by atoms with Crippen molar-refractivity contribution in [3.05, 3.63) is 53.3 Å². The van der Waals surface area contributed by atoms with Crippen molar-refractivity contribution in [3.63, 3.8) is 0 Å². The fourth-order valence-corrected chi connectivity index (χ4v) is 2.12. The highest BCUT2D eigenvalue weighted by atomic mass is 32.2. The molecular weight excluding hydrogens is 262 g/mol. The summed E-state index contributed by atoms with van der Waals surface area (Å²) in [7, 11) is 0. The van der Waals surface area contributed by atoms with Gasteiger partial charge >= 0.3 is 0 Å². The second-order valence-corrected chi connectivity index (χ2v) is 5.19. The maximum absolute atomic E-state index is 10.7. The molecule has 1 unspecified atom stereocenters. The molecule has 1 aromatic heterocycles. The number of benzene rings is 1. The third kappa shape index (κ3) is 3.39. The van der Waals surface area contributed by atoms with Crippen LogP contribution in [0.15, 0.2) is 41.6 Å². The highest BCUT2D eigenvalue weighted by molar-refractivity contribution is 7.79. The van der Waals surface area contributed by atoms with Crippen LogP contribution in [0.4, 0.5) is 0 Å². The van der Waals surface area contributed by atoms with Gasteiger partial charge in [-0.15, -0.1) is 0 Å². The molecule has 1 atom stereocenters. The van der Waals surface area contributed by atoms with Crippen LogP contribution in [0.5, 0.6) is 5.75 Å². The third-order valence-corrected chi connectivity index (χ3v) is 3.54. The van der Waals surface area contributed by atoms with Crippen LogP contribution in [-0.2, 0) is 17.7 Å².